The molecule has 138 valence electrons. The average Bonchev–Trinajstić information content (AvgIpc) is 2.84. The Morgan fingerprint density at radius 1 is 1.32 bits per heavy atom. The summed E-state index contributed by atoms with van der Waals surface area (Å²) in [6, 6.07) is 6.15. The van der Waals surface area contributed by atoms with E-state index < -0.39 is 27.6 Å². The van der Waals surface area contributed by atoms with Gasteiger partial charge >= 0.3 is 12.0 Å². The van der Waals surface area contributed by atoms with Crippen LogP contribution in [0.3, 0.4) is 0 Å². The number of rotatable bonds is 6. The van der Waals surface area contributed by atoms with Gasteiger partial charge in [-0.05, 0) is 44.9 Å². The summed E-state index contributed by atoms with van der Waals surface area (Å²) in [4.78, 5) is 22.8. The first-order valence-corrected chi connectivity index (χ1v) is 9.61. The van der Waals surface area contributed by atoms with E-state index in [2.05, 4.69) is 10.6 Å². The molecule has 2 rings (SSSR count). The molecule has 0 unspecified atom stereocenters. The second-order valence-corrected chi connectivity index (χ2v) is 8.66. The quantitative estimate of drug-likeness (QED) is 0.709. The van der Waals surface area contributed by atoms with Crippen molar-refractivity contribution in [3.8, 4) is 0 Å². The molecule has 8 nitrogen and oxygen atoms in total. The van der Waals surface area contributed by atoms with Crippen molar-refractivity contribution in [1.82, 2.24) is 5.32 Å². The lowest BCUT2D eigenvalue weighted by atomic mass is 9.99. The molecule has 1 aliphatic rings. The van der Waals surface area contributed by atoms with Crippen molar-refractivity contribution in [3.63, 3.8) is 0 Å². The third kappa shape index (κ3) is 5.35. The maximum atomic E-state index is 12.1. The van der Waals surface area contributed by atoms with Crippen LogP contribution >= 0.6 is 0 Å². The normalized spacial score (nSPS) is 16.5. The van der Waals surface area contributed by atoms with Gasteiger partial charge < -0.3 is 15.7 Å². The SMILES string of the molecule is CC(C)(CCC(=O)O)NC(=O)Nc1cccc(N2CCCS2(=O)=O)c1. The Morgan fingerprint density at radius 3 is 2.64 bits per heavy atom. The van der Waals surface area contributed by atoms with Gasteiger partial charge in [0.25, 0.3) is 0 Å². The highest BCUT2D eigenvalue weighted by atomic mass is 32.2. The lowest BCUT2D eigenvalue weighted by Crippen LogP contribution is -2.45. The number of nitrogens with zero attached hydrogens (tertiary/aromatic N) is 1. The second kappa shape index (κ2) is 7.30. The van der Waals surface area contributed by atoms with Crippen LogP contribution in [0.2, 0.25) is 0 Å². The molecule has 1 aromatic rings. The largest absolute Gasteiger partial charge is 0.481 e. The topological polar surface area (TPSA) is 116 Å². The summed E-state index contributed by atoms with van der Waals surface area (Å²) in [5.74, 6) is -0.794. The van der Waals surface area contributed by atoms with Crippen molar-refractivity contribution in [2.75, 3.05) is 21.9 Å². The number of hydrogen-bond acceptors (Lipinski definition) is 4. The van der Waals surface area contributed by atoms with Crippen LogP contribution in [-0.4, -0.2) is 43.4 Å². The van der Waals surface area contributed by atoms with Gasteiger partial charge in [-0.1, -0.05) is 6.07 Å². The zero-order chi connectivity index (χ0) is 18.7. The summed E-state index contributed by atoms with van der Waals surface area (Å²) in [5.41, 5.74) is 0.296. The highest BCUT2D eigenvalue weighted by molar-refractivity contribution is 7.93. The molecule has 0 saturated carbocycles. The first-order chi connectivity index (χ1) is 11.6. The molecule has 1 fully saturated rings. The minimum absolute atomic E-state index is 0.0460. The van der Waals surface area contributed by atoms with Crippen molar-refractivity contribution in [2.24, 2.45) is 0 Å². The molecule has 1 saturated heterocycles. The van der Waals surface area contributed by atoms with Crippen molar-refractivity contribution >= 4 is 33.4 Å². The molecule has 1 aromatic carbocycles. The van der Waals surface area contributed by atoms with Crippen molar-refractivity contribution < 1.29 is 23.1 Å². The van der Waals surface area contributed by atoms with Gasteiger partial charge in [-0.2, -0.15) is 0 Å². The fourth-order valence-electron chi connectivity index (χ4n) is 2.62. The van der Waals surface area contributed by atoms with Gasteiger partial charge in [0, 0.05) is 24.2 Å². The summed E-state index contributed by atoms with van der Waals surface area (Å²) in [7, 11) is -3.28. The minimum Gasteiger partial charge on any atom is -0.481 e. The zero-order valence-corrected chi connectivity index (χ0v) is 15.1. The number of benzene rings is 1. The minimum atomic E-state index is -3.28. The van der Waals surface area contributed by atoms with Crippen molar-refractivity contribution in [2.45, 2.75) is 38.6 Å². The Balaban J connectivity index is 2.02. The molecule has 2 amide bonds. The van der Waals surface area contributed by atoms with E-state index in [1.165, 1.54) is 4.31 Å². The Kier molecular flexibility index (Phi) is 5.56. The third-order valence-corrected chi connectivity index (χ3v) is 5.78. The Hall–Kier alpha value is -2.29. The number of carbonyl (C=O) groups is 2. The lowest BCUT2D eigenvalue weighted by Gasteiger charge is -2.26. The first-order valence-electron chi connectivity index (χ1n) is 8.00. The van der Waals surface area contributed by atoms with Gasteiger partial charge in [0.15, 0.2) is 0 Å². The van der Waals surface area contributed by atoms with Crippen LogP contribution < -0.4 is 14.9 Å². The van der Waals surface area contributed by atoms with E-state index in [9.17, 15) is 18.0 Å². The lowest BCUT2D eigenvalue weighted by molar-refractivity contribution is -0.137. The van der Waals surface area contributed by atoms with Crippen LogP contribution in [-0.2, 0) is 14.8 Å². The number of aliphatic carboxylic acids is 1. The standard InChI is InChI=1S/C16H23N3O5S/c1-16(2,8-7-14(20)21)18-15(22)17-12-5-3-6-13(11-12)19-9-4-10-25(19,23)24/h3,5-6,11H,4,7-10H2,1-2H3,(H,20,21)(H2,17,18,22). The Morgan fingerprint density at radius 2 is 2.04 bits per heavy atom. The predicted molar refractivity (Wildman–Crippen MR) is 95.3 cm³/mol. The van der Waals surface area contributed by atoms with Crippen molar-refractivity contribution in [3.05, 3.63) is 24.3 Å². The number of hydrogen-bond donors (Lipinski definition) is 3. The van der Waals surface area contributed by atoms with E-state index in [4.69, 9.17) is 5.11 Å². The summed E-state index contributed by atoms with van der Waals surface area (Å²) < 4.78 is 25.3. The van der Waals surface area contributed by atoms with E-state index in [1.54, 1.807) is 38.1 Å². The molecular weight excluding hydrogens is 346 g/mol. The van der Waals surface area contributed by atoms with Gasteiger partial charge in [-0.15, -0.1) is 0 Å². The Bertz CT molecular complexity index is 761. The van der Waals surface area contributed by atoms with Crippen LogP contribution in [0, 0.1) is 0 Å². The number of anilines is 2. The number of sulfonamides is 1. The van der Waals surface area contributed by atoms with Crippen LogP contribution in [0.15, 0.2) is 24.3 Å². The van der Waals surface area contributed by atoms with Gasteiger partial charge in [0.2, 0.25) is 10.0 Å². The number of urea groups is 1. The van der Waals surface area contributed by atoms with Crippen LogP contribution in [0.4, 0.5) is 16.2 Å². The highest BCUT2D eigenvalue weighted by Crippen LogP contribution is 2.26. The highest BCUT2D eigenvalue weighted by Gasteiger charge is 2.28. The average molecular weight is 369 g/mol. The summed E-state index contributed by atoms with van der Waals surface area (Å²) in [6.07, 6.45) is 0.829. The zero-order valence-electron chi connectivity index (χ0n) is 14.3. The molecule has 0 spiro atoms. The molecule has 0 bridgehead atoms. The van der Waals surface area contributed by atoms with Crippen LogP contribution in [0.5, 0.6) is 0 Å². The van der Waals surface area contributed by atoms with Gasteiger partial charge in [-0.25, -0.2) is 13.2 Å². The number of amides is 2. The maximum absolute atomic E-state index is 12.1. The molecule has 0 aliphatic carbocycles. The van der Waals surface area contributed by atoms with E-state index in [0.29, 0.717) is 30.8 Å². The van der Waals surface area contributed by atoms with Gasteiger partial charge in [-0.3, -0.25) is 9.10 Å². The monoisotopic (exact) mass is 369 g/mol. The molecule has 3 N–H and O–H groups in total. The maximum Gasteiger partial charge on any atom is 0.319 e. The molecule has 1 heterocycles. The van der Waals surface area contributed by atoms with E-state index >= 15 is 0 Å². The molecule has 0 aromatic heterocycles. The summed E-state index contributed by atoms with van der Waals surface area (Å²) in [6.45, 7) is 3.91. The Labute approximate surface area is 147 Å². The van der Waals surface area contributed by atoms with Gasteiger partial charge in [0.05, 0.1) is 11.4 Å². The fourth-order valence-corrected chi connectivity index (χ4v) is 4.18. The van der Waals surface area contributed by atoms with Gasteiger partial charge in [0.1, 0.15) is 0 Å². The molecule has 25 heavy (non-hydrogen) atoms. The molecule has 9 heteroatoms. The molecule has 1 aliphatic heterocycles. The number of carboxylic acids is 1. The summed E-state index contributed by atoms with van der Waals surface area (Å²) in [5, 5.41) is 14.1. The smallest absolute Gasteiger partial charge is 0.319 e. The van der Waals surface area contributed by atoms with Crippen LogP contribution in [0.1, 0.15) is 33.1 Å². The van der Waals surface area contributed by atoms with E-state index in [-0.39, 0.29) is 12.2 Å². The molecular formula is C16H23N3O5S. The van der Waals surface area contributed by atoms with E-state index in [1.807, 2.05) is 0 Å². The fraction of sp³-hybridized carbons (Fsp3) is 0.500. The summed E-state index contributed by atoms with van der Waals surface area (Å²) >= 11 is 0. The van der Waals surface area contributed by atoms with E-state index in [0.717, 1.165) is 0 Å². The molecule has 0 radical (unpaired) electrons. The molecule has 0 atom stereocenters. The predicted octanol–water partition coefficient (Wildman–Crippen LogP) is 1.99. The van der Waals surface area contributed by atoms with Crippen LogP contribution in [0.25, 0.3) is 0 Å². The number of carboxylic acid groups (broad SMARTS) is 1. The third-order valence-electron chi connectivity index (χ3n) is 3.91. The first kappa shape index (κ1) is 19.0. The number of carbonyl (C=O) groups excluding carboxylic acids is 1. The van der Waals surface area contributed by atoms with Crippen molar-refractivity contribution in [1.29, 1.82) is 0 Å². The number of nitrogens with one attached hydrogen (secondary N) is 2. The second-order valence-electron chi connectivity index (χ2n) is 6.65.